The monoisotopic (exact) mass is 489 g/mol. The van der Waals surface area contributed by atoms with Crippen LogP contribution in [0.5, 0.6) is 23.0 Å². The summed E-state index contributed by atoms with van der Waals surface area (Å²) in [7, 11) is 0. The molecule has 0 spiro atoms. The molecule has 0 unspecified atom stereocenters. The third kappa shape index (κ3) is 5.54. The molecule has 36 heavy (non-hydrogen) atoms. The standard InChI is InChI=1S/C27H27N3O6/c1-16-3-6-20(17(2)13-16)25-28-26(21-7-4-18(14-23(21)33)35-11-9-31)30-27(29-25)22-8-5-19(15-24(22)34)36-12-10-32/h3-8,13-15,31-34H,9-12H2,1-2H3. The van der Waals surface area contributed by atoms with Crippen LogP contribution in [0.2, 0.25) is 0 Å². The zero-order chi connectivity index (χ0) is 25.7. The number of aromatic nitrogens is 3. The van der Waals surface area contributed by atoms with Crippen LogP contribution in [0.1, 0.15) is 11.1 Å². The van der Waals surface area contributed by atoms with Crippen molar-refractivity contribution in [1.29, 1.82) is 0 Å². The Labute approximate surface area is 208 Å². The molecule has 1 aromatic heterocycles. The molecule has 0 aliphatic carbocycles. The Balaban J connectivity index is 1.85. The van der Waals surface area contributed by atoms with Crippen molar-refractivity contribution < 1.29 is 29.9 Å². The zero-order valence-electron chi connectivity index (χ0n) is 20.0. The minimum Gasteiger partial charge on any atom is -0.507 e. The van der Waals surface area contributed by atoms with Gasteiger partial charge in [-0.3, -0.25) is 0 Å². The molecular weight excluding hydrogens is 462 g/mol. The lowest BCUT2D eigenvalue weighted by Gasteiger charge is -2.13. The van der Waals surface area contributed by atoms with Crippen molar-refractivity contribution in [2.45, 2.75) is 13.8 Å². The molecular formula is C27H27N3O6. The van der Waals surface area contributed by atoms with E-state index in [1.54, 1.807) is 24.3 Å². The van der Waals surface area contributed by atoms with Gasteiger partial charge in [0.05, 0.1) is 24.3 Å². The number of nitrogens with zero attached hydrogens (tertiary/aromatic N) is 3. The van der Waals surface area contributed by atoms with Gasteiger partial charge in [-0.25, -0.2) is 15.0 Å². The summed E-state index contributed by atoms with van der Waals surface area (Å²) in [5.74, 6) is 1.38. The predicted molar refractivity (Wildman–Crippen MR) is 134 cm³/mol. The maximum absolute atomic E-state index is 10.7. The van der Waals surface area contributed by atoms with Crippen LogP contribution in [0.15, 0.2) is 54.6 Å². The van der Waals surface area contributed by atoms with Crippen LogP contribution < -0.4 is 9.47 Å². The Bertz CT molecular complexity index is 1300. The summed E-state index contributed by atoms with van der Waals surface area (Å²) in [5.41, 5.74) is 3.55. The van der Waals surface area contributed by atoms with Gasteiger partial charge in [0.2, 0.25) is 0 Å². The molecule has 3 aromatic carbocycles. The van der Waals surface area contributed by atoms with Crippen molar-refractivity contribution in [1.82, 2.24) is 15.0 Å². The van der Waals surface area contributed by atoms with E-state index in [9.17, 15) is 10.2 Å². The summed E-state index contributed by atoms with van der Waals surface area (Å²) in [5, 5.41) is 39.4. The summed E-state index contributed by atoms with van der Waals surface area (Å²) in [6, 6.07) is 15.3. The molecule has 186 valence electrons. The molecule has 0 atom stereocenters. The van der Waals surface area contributed by atoms with Gasteiger partial charge in [-0.1, -0.05) is 23.8 Å². The normalized spacial score (nSPS) is 10.9. The van der Waals surface area contributed by atoms with Gasteiger partial charge in [-0.15, -0.1) is 0 Å². The number of hydrogen-bond acceptors (Lipinski definition) is 9. The molecule has 0 bridgehead atoms. The van der Waals surface area contributed by atoms with E-state index in [2.05, 4.69) is 15.0 Å². The molecule has 4 rings (SSSR count). The summed E-state index contributed by atoms with van der Waals surface area (Å²) in [6.07, 6.45) is 0. The summed E-state index contributed by atoms with van der Waals surface area (Å²) >= 11 is 0. The van der Waals surface area contributed by atoms with E-state index in [0.717, 1.165) is 16.7 Å². The van der Waals surface area contributed by atoms with E-state index in [4.69, 9.17) is 19.7 Å². The largest absolute Gasteiger partial charge is 0.507 e. The molecule has 9 heteroatoms. The van der Waals surface area contributed by atoms with E-state index in [0.29, 0.717) is 28.5 Å². The Morgan fingerprint density at radius 3 is 1.47 bits per heavy atom. The van der Waals surface area contributed by atoms with Crippen LogP contribution in [-0.2, 0) is 0 Å². The van der Waals surface area contributed by atoms with Gasteiger partial charge in [-0.05, 0) is 43.7 Å². The smallest absolute Gasteiger partial charge is 0.167 e. The number of ether oxygens (including phenoxy) is 2. The Morgan fingerprint density at radius 2 is 1.06 bits per heavy atom. The third-order valence-electron chi connectivity index (χ3n) is 5.40. The van der Waals surface area contributed by atoms with E-state index in [1.807, 2.05) is 32.0 Å². The van der Waals surface area contributed by atoms with E-state index < -0.39 is 0 Å². The Morgan fingerprint density at radius 1 is 0.611 bits per heavy atom. The van der Waals surface area contributed by atoms with Crippen molar-refractivity contribution >= 4 is 0 Å². The first kappa shape index (κ1) is 24.9. The highest BCUT2D eigenvalue weighted by atomic mass is 16.5. The van der Waals surface area contributed by atoms with Crippen LogP contribution in [0.4, 0.5) is 0 Å². The molecule has 0 saturated heterocycles. The average Bonchev–Trinajstić information content (AvgIpc) is 2.86. The number of rotatable bonds is 9. The molecule has 4 aromatic rings. The molecule has 0 saturated carbocycles. The molecule has 9 nitrogen and oxygen atoms in total. The highest BCUT2D eigenvalue weighted by molar-refractivity contribution is 5.73. The van der Waals surface area contributed by atoms with Crippen LogP contribution in [-0.4, -0.2) is 61.8 Å². The highest BCUT2D eigenvalue weighted by Gasteiger charge is 2.18. The average molecular weight is 490 g/mol. The van der Waals surface area contributed by atoms with Crippen LogP contribution in [0.25, 0.3) is 34.2 Å². The lowest BCUT2D eigenvalue weighted by atomic mass is 10.0. The van der Waals surface area contributed by atoms with E-state index >= 15 is 0 Å². The van der Waals surface area contributed by atoms with E-state index in [-0.39, 0.29) is 49.6 Å². The Kier molecular flexibility index (Phi) is 7.62. The lowest BCUT2D eigenvalue weighted by Crippen LogP contribution is -2.03. The quantitative estimate of drug-likeness (QED) is 0.277. The number of aliphatic hydroxyl groups is 2. The molecule has 1 heterocycles. The zero-order valence-corrected chi connectivity index (χ0v) is 20.0. The number of phenols is 2. The van der Waals surface area contributed by atoms with E-state index in [1.165, 1.54) is 12.1 Å². The van der Waals surface area contributed by atoms with Crippen molar-refractivity contribution in [2.24, 2.45) is 0 Å². The third-order valence-corrected chi connectivity index (χ3v) is 5.40. The van der Waals surface area contributed by atoms with Crippen molar-refractivity contribution in [3.63, 3.8) is 0 Å². The first-order chi connectivity index (χ1) is 17.4. The van der Waals surface area contributed by atoms with Gasteiger partial charge >= 0.3 is 0 Å². The number of benzene rings is 3. The highest BCUT2D eigenvalue weighted by Crippen LogP contribution is 2.36. The fourth-order valence-electron chi connectivity index (χ4n) is 3.71. The minimum absolute atomic E-state index is 0.100. The Hall–Kier alpha value is -4.21. The maximum Gasteiger partial charge on any atom is 0.167 e. The van der Waals surface area contributed by atoms with Gasteiger partial charge in [0.1, 0.15) is 36.2 Å². The first-order valence-corrected chi connectivity index (χ1v) is 11.4. The van der Waals surface area contributed by atoms with Crippen LogP contribution in [0.3, 0.4) is 0 Å². The molecule has 0 aliphatic rings. The first-order valence-electron chi connectivity index (χ1n) is 11.4. The van der Waals surface area contributed by atoms with Crippen LogP contribution >= 0.6 is 0 Å². The molecule has 0 radical (unpaired) electrons. The van der Waals surface area contributed by atoms with Gasteiger partial charge in [0.15, 0.2) is 17.5 Å². The topological polar surface area (TPSA) is 138 Å². The van der Waals surface area contributed by atoms with Gasteiger partial charge in [0, 0.05) is 17.7 Å². The van der Waals surface area contributed by atoms with Crippen molar-refractivity contribution in [3.05, 3.63) is 65.7 Å². The number of aromatic hydroxyl groups is 2. The summed E-state index contributed by atoms with van der Waals surface area (Å²) < 4.78 is 10.7. The summed E-state index contributed by atoms with van der Waals surface area (Å²) in [6.45, 7) is 3.86. The predicted octanol–water partition coefficient (Wildman–Crippen LogP) is 3.64. The second-order valence-electron chi connectivity index (χ2n) is 8.13. The second kappa shape index (κ2) is 11.0. The number of phenolic OH excluding ortho intramolecular Hbond substituents is 2. The minimum atomic E-state index is -0.147. The van der Waals surface area contributed by atoms with Crippen molar-refractivity contribution in [3.8, 4) is 57.2 Å². The maximum atomic E-state index is 10.7. The fraction of sp³-hybridized carbons (Fsp3) is 0.222. The number of hydrogen-bond donors (Lipinski definition) is 4. The van der Waals surface area contributed by atoms with Gasteiger partial charge in [0.25, 0.3) is 0 Å². The lowest BCUT2D eigenvalue weighted by molar-refractivity contribution is 0.201. The fourth-order valence-corrected chi connectivity index (χ4v) is 3.71. The molecule has 4 N–H and O–H groups in total. The van der Waals surface area contributed by atoms with Gasteiger partial charge < -0.3 is 29.9 Å². The van der Waals surface area contributed by atoms with Crippen molar-refractivity contribution in [2.75, 3.05) is 26.4 Å². The molecule has 0 amide bonds. The SMILES string of the molecule is Cc1ccc(-c2nc(-c3ccc(OCCO)cc3O)nc(-c3ccc(OCCO)cc3O)n2)c(C)c1. The van der Waals surface area contributed by atoms with Crippen LogP contribution in [0, 0.1) is 13.8 Å². The molecule has 0 aliphatic heterocycles. The number of aryl methyl sites for hydroxylation is 2. The number of aliphatic hydroxyl groups excluding tert-OH is 2. The summed E-state index contributed by atoms with van der Waals surface area (Å²) in [4.78, 5) is 13.8. The van der Waals surface area contributed by atoms with Gasteiger partial charge in [-0.2, -0.15) is 0 Å². The molecule has 0 fully saturated rings. The second-order valence-corrected chi connectivity index (χ2v) is 8.13.